The number of benzene rings is 8. The Morgan fingerprint density at radius 3 is 2.22 bits per heavy atom. The molecular weight excluding hydrogens is 725 g/mol. The molecule has 1 aliphatic carbocycles. The van der Waals surface area contributed by atoms with Crippen LogP contribution in [0.25, 0.3) is 109 Å². The van der Waals surface area contributed by atoms with Crippen LogP contribution >= 0.6 is 11.3 Å². The highest BCUT2D eigenvalue weighted by atomic mass is 32.1. The fourth-order valence-corrected chi connectivity index (χ4v) is 11.1. The van der Waals surface area contributed by atoms with Crippen LogP contribution < -0.4 is 0 Å². The number of aromatic nitrogens is 4. The minimum Gasteiger partial charge on any atom is -0.358 e. The van der Waals surface area contributed by atoms with Crippen molar-refractivity contribution in [1.29, 1.82) is 0 Å². The maximum absolute atomic E-state index is 5.62. The van der Waals surface area contributed by atoms with E-state index < -0.39 is 0 Å². The maximum Gasteiger partial charge on any atom is 0.235 e. The average Bonchev–Trinajstić information content (AvgIpc) is 3.96. The zero-order valence-corrected chi connectivity index (χ0v) is 32.2. The highest BCUT2D eigenvalue weighted by molar-refractivity contribution is 7.26. The Bertz CT molecular complexity index is 3710. The molecule has 0 radical (unpaired) electrons. The maximum atomic E-state index is 5.62. The monoisotopic (exact) mass is 758 g/mol. The van der Waals surface area contributed by atoms with Crippen LogP contribution in [0.15, 0.2) is 164 Å². The first kappa shape index (κ1) is 32.1. The number of rotatable bonds is 4. The molecule has 1 unspecified atom stereocenters. The zero-order chi connectivity index (χ0) is 37.9. The Kier molecular flexibility index (Phi) is 6.75. The first-order valence-electron chi connectivity index (χ1n) is 20.1. The Morgan fingerprint density at radius 2 is 1.34 bits per heavy atom. The van der Waals surface area contributed by atoms with E-state index in [1.165, 1.54) is 80.2 Å². The fourth-order valence-electron chi connectivity index (χ4n) is 9.88. The molecule has 0 saturated carbocycles. The van der Waals surface area contributed by atoms with Crippen molar-refractivity contribution in [2.24, 2.45) is 5.92 Å². The van der Waals surface area contributed by atoms with E-state index in [1.54, 1.807) is 0 Å². The molecular formula is C53H34N4S. The number of para-hydroxylation sites is 1. The Balaban J connectivity index is 0.995. The van der Waals surface area contributed by atoms with Gasteiger partial charge in [-0.25, -0.2) is 9.97 Å². The van der Waals surface area contributed by atoms with Gasteiger partial charge in [-0.1, -0.05) is 133 Å². The van der Waals surface area contributed by atoms with Crippen LogP contribution in [-0.4, -0.2) is 19.5 Å². The molecule has 0 saturated heterocycles. The van der Waals surface area contributed by atoms with E-state index >= 15 is 0 Å². The van der Waals surface area contributed by atoms with Gasteiger partial charge in [0.05, 0.1) is 22.2 Å². The van der Waals surface area contributed by atoms with Gasteiger partial charge >= 0.3 is 0 Å². The third-order valence-corrected chi connectivity index (χ3v) is 13.7. The highest BCUT2D eigenvalue weighted by Gasteiger charge is 2.23. The van der Waals surface area contributed by atoms with Crippen LogP contribution in [0.4, 0.5) is 0 Å². The molecule has 1 atom stereocenters. The van der Waals surface area contributed by atoms with Gasteiger partial charge in [-0.2, -0.15) is 0 Å². The smallest absolute Gasteiger partial charge is 0.235 e. The van der Waals surface area contributed by atoms with Gasteiger partial charge in [-0.15, -0.1) is 11.3 Å². The number of allylic oxidation sites excluding steroid dienone is 1. The van der Waals surface area contributed by atoms with Crippen molar-refractivity contribution in [3.05, 3.63) is 181 Å². The lowest BCUT2D eigenvalue weighted by Crippen LogP contribution is -2.10. The Labute approximate surface area is 337 Å². The highest BCUT2D eigenvalue weighted by Crippen LogP contribution is 2.43. The average molecular weight is 759 g/mol. The zero-order valence-electron chi connectivity index (χ0n) is 31.4. The third kappa shape index (κ3) is 4.68. The summed E-state index contributed by atoms with van der Waals surface area (Å²) in [5, 5.41) is 12.4. The summed E-state index contributed by atoms with van der Waals surface area (Å²) < 4.78 is 4.81. The summed E-state index contributed by atoms with van der Waals surface area (Å²) in [6.07, 6.45) is 6.68. The van der Waals surface area contributed by atoms with Gasteiger partial charge in [-0.3, -0.25) is 4.57 Å². The molecule has 1 N–H and O–H groups in total. The molecule has 0 spiro atoms. The number of nitrogens with zero attached hydrogens (tertiary/aromatic N) is 3. The molecule has 8 aromatic carbocycles. The lowest BCUT2D eigenvalue weighted by molar-refractivity contribution is 0.632. The molecule has 12 aromatic rings. The molecule has 4 heterocycles. The van der Waals surface area contributed by atoms with Gasteiger partial charge in [0.1, 0.15) is 0 Å². The number of fused-ring (bicyclic) bond motifs is 14. The van der Waals surface area contributed by atoms with Crippen LogP contribution in [-0.2, 0) is 12.8 Å². The minimum absolute atomic E-state index is 0.367. The van der Waals surface area contributed by atoms with E-state index in [0.29, 0.717) is 11.9 Å². The van der Waals surface area contributed by atoms with Crippen molar-refractivity contribution >= 4 is 103 Å². The summed E-state index contributed by atoms with van der Waals surface area (Å²) in [5.74, 6) is 1.05. The number of H-pyrrole nitrogens is 1. The van der Waals surface area contributed by atoms with Crippen LogP contribution in [0.5, 0.6) is 0 Å². The largest absolute Gasteiger partial charge is 0.358 e. The SMILES string of the molecule is C1=CC(Cc2ccc3nc(-n4c5ccccc5c5c6ccccc6ccc54)nc(-c4cccc5c4sc4ccccc45)c3c2)Cc2[nH]c3ccc4ccccc4c3c21. The second-order valence-corrected chi connectivity index (χ2v) is 16.8. The van der Waals surface area contributed by atoms with Gasteiger partial charge in [0.2, 0.25) is 5.95 Å². The van der Waals surface area contributed by atoms with Gasteiger partial charge in [0.15, 0.2) is 0 Å². The van der Waals surface area contributed by atoms with Gasteiger partial charge < -0.3 is 4.98 Å². The number of aromatic amines is 1. The third-order valence-electron chi connectivity index (χ3n) is 12.5. The fraction of sp³-hybridized carbons (Fsp3) is 0.0566. The first-order chi connectivity index (χ1) is 28.7. The van der Waals surface area contributed by atoms with Crippen molar-refractivity contribution in [2.75, 3.05) is 0 Å². The van der Waals surface area contributed by atoms with E-state index in [2.05, 4.69) is 179 Å². The summed E-state index contributed by atoms with van der Waals surface area (Å²) >= 11 is 1.85. The molecule has 4 nitrogen and oxygen atoms in total. The van der Waals surface area contributed by atoms with Gasteiger partial charge in [0, 0.05) is 64.1 Å². The summed E-state index contributed by atoms with van der Waals surface area (Å²) in [4.78, 5) is 14.8. The first-order valence-corrected chi connectivity index (χ1v) is 20.9. The van der Waals surface area contributed by atoms with Crippen LogP contribution in [0, 0.1) is 5.92 Å². The lowest BCUT2D eigenvalue weighted by atomic mass is 9.87. The summed E-state index contributed by atoms with van der Waals surface area (Å²) in [5.41, 5.74) is 10.4. The molecule has 0 aliphatic heterocycles. The van der Waals surface area contributed by atoms with E-state index in [0.717, 1.165) is 46.0 Å². The van der Waals surface area contributed by atoms with Crippen molar-refractivity contribution < 1.29 is 0 Å². The number of nitrogens with one attached hydrogen (secondary N) is 1. The predicted octanol–water partition coefficient (Wildman–Crippen LogP) is 14.0. The standard InChI is InChI=1S/C53H34N4S/c1-3-12-35-33(10-1)22-26-44-49(35)39-24-20-32(30-45(39)54-44)28-31-21-25-43-42(29-31)51(41-17-9-16-38-37-14-6-8-19-48(37)58-52(38)41)56-53(55-43)57-46-18-7-5-15-40(46)50-36-13-4-2-11-34(36)23-27-47(50)57/h1-27,29,32,54H,28,30H2. The van der Waals surface area contributed by atoms with Crippen molar-refractivity contribution in [1.82, 2.24) is 19.5 Å². The molecule has 4 aromatic heterocycles. The van der Waals surface area contributed by atoms with E-state index in [9.17, 15) is 0 Å². The molecule has 58 heavy (non-hydrogen) atoms. The summed E-state index contributed by atoms with van der Waals surface area (Å²) in [6.45, 7) is 0. The van der Waals surface area contributed by atoms with E-state index in [1.807, 2.05) is 11.3 Å². The van der Waals surface area contributed by atoms with Crippen LogP contribution in [0.3, 0.4) is 0 Å². The molecule has 272 valence electrons. The molecule has 0 fully saturated rings. The molecule has 1 aliphatic rings. The van der Waals surface area contributed by atoms with E-state index in [4.69, 9.17) is 9.97 Å². The molecule has 13 rings (SSSR count). The minimum atomic E-state index is 0.367. The summed E-state index contributed by atoms with van der Waals surface area (Å²) in [6, 6.07) is 57.3. The Hall–Kier alpha value is -7.08. The summed E-state index contributed by atoms with van der Waals surface area (Å²) in [7, 11) is 0. The number of thiophene rings is 1. The topological polar surface area (TPSA) is 46.5 Å². The van der Waals surface area contributed by atoms with Crippen molar-refractivity contribution in [3.8, 4) is 17.2 Å². The number of hydrogen-bond donors (Lipinski definition) is 1. The number of hydrogen-bond acceptors (Lipinski definition) is 3. The van der Waals surface area contributed by atoms with Crippen molar-refractivity contribution in [3.63, 3.8) is 0 Å². The second-order valence-electron chi connectivity index (χ2n) is 15.8. The molecule has 0 amide bonds. The quantitative estimate of drug-likeness (QED) is 0.194. The van der Waals surface area contributed by atoms with Crippen LogP contribution in [0.1, 0.15) is 16.8 Å². The van der Waals surface area contributed by atoms with Gasteiger partial charge in [-0.05, 0) is 82.3 Å². The predicted molar refractivity (Wildman–Crippen MR) is 245 cm³/mol. The van der Waals surface area contributed by atoms with Gasteiger partial charge in [0.25, 0.3) is 0 Å². The second kappa shape index (κ2) is 12.2. The molecule has 5 heteroatoms. The van der Waals surface area contributed by atoms with Crippen LogP contribution in [0.2, 0.25) is 0 Å². The van der Waals surface area contributed by atoms with Crippen molar-refractivity contribution in [2.45, 2.75) is 12.8 Å². The van der Waals surface area contributed by atoms with E-state index in [-0.39, 0.29) is 0 Å². The Morgan fingerprint density at radius 1 is 0.603 bits per heavy atom. The molecule has 0 bridgehead atoms. The normalized spacial score (nSPS) is 14.3. The lowest BCUT2D eigenvalue weighted by Gasteiger charge is -2.18.